The highest BCUT2D eigenvalue weighted by molar-refractivity contribution is 6.20. The SMILES string of the molecule is C.C.C.C.NO.NO.O.O.O.O.O=C(O)CCCC(=O)O.O=C(O)c1ccccc1C(=O)O.O=C1CCCC(=O)N1O.O=C1c2ccccc2C(=O)N1O.[H+].[H+]. The van der Waals surface area contributed by atoms with Crippen LogP contribution in [0.5, 0.6) is 0 Å². The van der Waals surface area contributed by atoms with Crippen LogP contribution in [0.1, 0.15) is 113 Å². The number of carboxylic acid groups (broad SMARTS) is 4. The normalized spacial score (nSPS) is 10.6. The molecular weight excluding hydrogens is 736 g/mol. The highest BCUT2D eigenvalue weighted by Crippen LogP contribution is 2.20. The van der Waals surface area contributed by atoms with Gasteiger partial charge in [0.15, 0.2) is 0 Å². The van der Waals surface area contributed by atoms with Crippen molar-refractivity contribution in [3.63, 3.8) is 0 Å². The molecule has 20 N–H and O–H groups in total. The smallest absolute Gasteiger partial charge is 0.481 e. The first kappa shape index (κ1) is 73.6. The van der Waals surface area contributed by atoms with E-state index in [0.717, 1.165) is 0 Å². The number of amides is 4. The van der Waals surface area contributed by atoms with E-state index in [0.29, 0.717) is 6.42 Å². The fourth-order valence-corrected chi connectivity index (χ4v) is 3.17. The molecule has 24 nitrogen and oxygen atoms in total. The maximum Gasteiger partial charge on any atom is 1.00 e. The first-order chi connectivity index (χ1) is 21.7. The van der Waals surface area contributed by atoms with Gasteiger partial charge < -0.3 is 52.7 Å². The number of fused-ring (bicyclic) bond motifs is 1. The van der Waals surface area contributed by atoms with E-state index < -0.39 is 47.5 Å². The summed E-state index contributed by atoms with van der Waals surface area (Å²) in [5, 5.41) is 64.0. The average molecular weight is 795 g/mol. The molecule has 0 atom stereocenters. The summed E-state index contributed by atoms with van der Waals surface area (Å²) in [5.74, 6) is 0.345. The van der Waals surface area contributed by atoms with Crippen molar-refractivity contribution in [2.75, 3.05) is 0 Å². The third-order valence-corrected chi connectivity index (χ3v) is 5.20. The molecule has 2 heterocycles. The van der Waals surface area contributed by atoms with Crippen LogP contribution in [0.3, 0.4) is 0 Å². The molecule has 2 aliphatic heterocycles. The number of nitrogens with zero attached hydrogens (tertiary/aromatic N) is 2. The Morgan fingerprint density at radius 3 is 1.07 bits per heavy atom. The first-order valence-corrected chi connectivity index (χ1v) is 12.4. The molecule has 0 radical (unpaired) electrons. The quantitative estimate of drug-likeness (QED) is 0.105. The van der Waals surface area contributed by atoms with Gasteiger partial charge in [-0.1, -0.05) is 54.0 Å². The van der Waals surface area contributed by atoms with Crippen LogP contribution in [0.2, 0.25) is 0 Å². The number of hydrogen-bond acceptors (Lipinski definition) is 14. The van der Waals surface area contributed by atoms with E-state index in [1.54, 1.807) is 12.1 Å². The fourth-order valence-electron chi connectivity index (χ4n) is 3.17. The van der Waals surface area contributed by atoms with E-state index in [9.17, 15) is 38.4 Å². The molecule has 2 aromatic carbocycles. The summed E-state index contributed by atoms with van der Waals surface area (Å²) < 4.78 is 0. The van der Waals surface area contributed by atoms with Gasteiger partial charge >= 0.3 is 26.7 Å². The number of benzene rings is 2. The lowest BCUT2D eigenvalue weighted by atomic mass is 10.1. The lowest BCUT2D eigenvalue weighted by Gasteiger charge is -2.16. The molecular formula is C30H58N4O20+2. The van der Waals surface area contributed by atoms with Crippen molar-refractivity contribution < 1.29 is 104 Å². The fraction of sp³-hybridized carbons (Fsp3) is 0.333. The Morgan fingerprint density at radius 1 is 0.556 bits per heavy atom. The summed E-state index contributed by atoms with van der Waals surface area (Å²) in [6.45, 7) is 0. The Labute approximate surface area is 313 Å². The van der Waals surface area contributed by atoms with Crippen LogP contribution < -0.4 is 11.8 Å². The van der Waals surface area contributed by atoms with Crippen molar-refractivity contribution in [1.82, 2.24) is 10.1 Å². The van der Waals surface area contributed by atoms with Gasteiger partial charge in [0.1, 0.15) is 0 Å². The van der Waals surface area contributed by atoms with E-state index in [1.165, 1.54) is 36.4 Å². The van der Waals surface area contributed by atoms with Gasteiger partial charge in [-0.3, -0.25) is 39.2 Å². The molecule has 2 aromatic rings. The van der Waals surface area contributed by atoms with Gasteiger partial charge in [-0.05, 0) is 37.1 Å². The second-order valence-electron chi connectivity index (χ2n) is 8.22. The Balaban J connectivity index is -0.0000000425. The molecule has 316 valence electrons. The minimum absolute atomic E-state index is 0. The van der Waals surface area contributed by atoms with Crippen molar-refractivity contribution in [1.29, 1.82) is 0 Å². The van der Waals surface area contributed by atoms with E-state index in [4.69, 9.17) is 41.3 Å². The summed E-state index contributed by atoms with van der Waals surface area (Å²) in [7, 11) is 0. The van der Waals surface area contributed by atoms with E-state index in [-0.39, 0.29) is 119 Å². The number of nitrogens with two attached hydrogens (primary N) is 2. The topological polar surface area (TPSA) is 483 Å². The Kier molecular flexibility index (Phi) is 54.5. The number of rotatable bonds is 6. The summed E-state index contributed by atoms with van der Waals surface area (Å²) in [4.78, 5) is 83.5. The molecule has 4 amide bonds. The minimum atomic E-state index is -1.23. The van der Waals surface area contributed by atoms with Crippen molar-refractivity contribution in [2.45, 2.75) is 68.2 Å². The van der Waals surface area contributed by atoms with Gasteiger partial charge in [-0.25, -0.2) is 21.4 Å². The number of piperidine rings is 1. The van der Waals surface area contributed by atoms with Crippen LogP contribution in [0.25, 0.3) is 0 Å². The number of imide groups is 2. The minimum Gasteiger partial charge on any atom is -0.481 e. The number of carbonyl (C=O) groups excluding carboxylic acids is 4. The van der Waals surface area contributed by atoms with E-state index >= 15 is 0 Å². The van der Waals surface area contributed by atoms with Gasteiger partial charge in [0.25, 0.3) is 23.6 Å². The highest BCUT2D eigenvalue weighted by atomic mass is 16.5. The Bertz CT molecular complexity index is 1300. The summed E-state index contributed by atoms with van der Waals surface area (Å²) in [6, 6.07) is 11.8. The third-order valence-electron chi connectivity index (χ3n) is 5.20. The van der Waals surface area contributed by atoms with E-state index in [1.807, 2.05) is 0 Å². The van der Waals surface area contributed by atoms with Crippen LogP contribution in [-0.4, -0.2) is 121 Å². The van der Waals surface area contributed by atoms with Crippen LogP contribution in [0.15, 0.2) is 48.5 Å². The number of hydroxylamine groups is 4. The van der Waals surface area contributed by atoms with Gasteiger partial charge in [-0.15, -0.1) is 5.06 Å². The number of aromatic carboxylic acids is 2. The average Bonchev–Trinajstić information content (AvgIpc) is 3.26. The molecule has 0 aromatic heterocycles. The van der Waals surface area contributed by atoms with E-state index in [2.05, 4.69) is 11.8 Å². The van der Waals surface area contributed by atoms with Crippen molar-refractivity contribution in [3.05, 3.63) is 70.8 Å². The number of hydrogen-bond donors (Lipinski definition) is 10. The molecule has 1 fully saturated rings. The number of carboxylic acids is 4. The van der Waals surface area contributed by atoms with Crippen LogP contribution >= 0.6 is 0 Å². The lowest BCUT2D eigenvalue weighted by molar-refractivity contribution is -0.182. The largest absolute Gasteiger partial charge is 1.00 e. The molecule has 0 aliphatic carbocycles. The first-order valence-electron chi connectivity index (χ1n) is 12.4. The molecule has 24 heteroatoms. The Morgan fingerprint density at radius 2 is 0.833 bits per heavy atom. The van der Waals surface area contributed by atoms with Crippen molar-refractivity contribution in [2.24, 2.45) is 11.8 Å². The standard InChI is InChI=1S/C8H5NO3.C8H6O4.C5H7NO3.C5H8O4.4CH4.2H3NO.4H2O/c10-7-5-3-1-2-4-6(5)8(11)9(7)12;9-7(10)5-3-1-2-4-6(5)8(11)12;7-4-2-1-3-5(8)6(4)9;6-4(7)2-1-3-5(8)9;;;;;2*1-2;;;;/h1-4,12H;1-4H,(H,9,10)(H,11,12);9H,1-3H2;1-3H2,(H,6,7)(H,8,9);4*1H4;2*2H,1H2;4*1H2/p+2. The lowest BCUT2D eigenvalue weighted by Crippen LogP contribution is -2.36. The Hall–Kier alpha value is -5.80. The number of carbonyl (C=O) groups is 8. The zero-order chi connectivity index (χ0) is 36.0. The predicted molar refractivity (Wildman–Crippen MR) is 191 cm³/mol. The summed E-state index contributed by atoms with van der Waals surface area (Å²) >= 11 is 0. The maximum atomic E-state index is 11.1. The van der Waals surface area contributed by atoms with Crippen LogP contribution in [0, 0.1) is 0 Å². The summed E-state index contributed by atoms with van der Waals surface area (Å²) in [5.41, 5.74) is 0.130. The monoisotopic (exact) mass is 794 g/mol. The van der Waals surface area contributed by atoms with Crippen molar-refractivity contribution >= 4 is 47.5 Å². The van der Waals surface area contributed by atoms with Crippen LogP contribution in [-0.2, 0) is 19.2 Å². The molecule has 0 bridgehead atoms. The molecule has 54 heavy (non-hydrogen) atoms. The second-order valence-corrected chi connectivity index (χ2v) is 8.22. The van der Waals surface area contributed by atoms with Gasteiger partial charge in [-0.2, -0.15) is 5.06 Å². The highest BCUT2D eigenvalue weighted by Gasteiger charge is 2.34. The zero-order valence-corrected chi connectivity index (χ0v) is 25.8. The molecule has 4 rings (SSSR count). The third kappa shape index (κ3) is 26.0. The molecule has 2 aliphatic rings. The molecule has 0 unspecified atom stereocenters. The molecule has 0 saturated carbocycles. The van der Waals surface area contributed by atoms with Gasteiger partial charge in [0.2, 0.25) is 0 Å². The van der Waals surface area contributed by atoms with Crippen molar-refractivity contribution in [3.8, 4) is 0 Å². The second kappa shape index (κ2) is 40.0. The molecule has 0 spiro atoms. The summed E-state index contributed by atoms with van der Waals surface area (Å²) in [6.07, 6.45) is 1.21. The van der Waals surface area contributed by atoms with Crippen LogP contribution in [0.4, 0.5) is 0 Å². The molecule has 1 saturated heterocycles. The van der Waals surface area contributed by atoms with Gasteiger partial charge in [0, 0.05) is 25.7 Å². The van der Waals surface area contributed by atoms with Gasteiger partial charge in [0.05, 0.1) is 22.3 Å². The maximum absolute atomic E-state index is 11.1. The number of aliphatic carboxylic acids is 2. The zero-order valence-electron chi connectivity index (χ0n) is 27.8. The predicted octanol–water partition coefficient (Wildman–Crippen LogP) is 0.135.